The molecule has 124 valence electrons. The third kappa shape index (κ3) is 3.12. The molecule has 2 rings (SSSR count). The summed E-state index contributed by atoms with van der Waals surface area (Å²) in [5.41, 5.74) is 2.12. The highest BCUT2D eigenvalue weighted by Gasteiger charge is 2.47. The van der Waals surface area contributed by atoms with Gasteiger partial charge in [-0.05, 0) is 46.0 Å². The van der Waals surface area contributed by atoms with Crippen molar-refractivity contribution in [3.63, 3.8) is 0 Å². The van der Waals surface area contributed by atoms with Gasteiger partial charge in [-0.1, -0.05) is 5.57 Å². The smallest absolute Gasteiger partial charge is 0.324 e. The quantitative estimate of drug-likeness (QED) is 0.739. The standard InChI is InChI=1S/C16H25NO4S/c1-4-21-15(19)16(22(3)20)8-10-17(11-9-16)14(18)13-7-5-6-12(13)2/h4-11H2,1-3H3. The van der Waals surface area contributed by atoms with Crippen LogP contribution in [0.3, 0.4) is 0 Å². The Hall–Kier alpha value is -1.17. The van der Waals surface area contributed by atoms with Crippen molar-refractivity contribution in [1.29, 1.82) is 0 Å². The van der Waals surface area contributed by atoms with E-state index in [0.29, 0.717) is 25.9 Å². The summed E-state index contributed by atoms with van der Waals surface area (Å²) in [5.74, 6) is -0.298. The van der Waals surface area contributed by atoms with E-state index in [1.807, 2.05) is 6.92 Å². The molecule has 1 saturated heterocycles. The number of allylic oxidation sites excluding steroid dienone is 1. The van der Waals surface area contributed by atoms with E-state index in [0.717, 1.165) is 24.8 Å². The summed E-state index contributed by atoms with van der Waals surface area (Å²) < 4.78 is 16.3. The summed E-state index contributed by atoms with van der Waals surface area (Å²) in [6, 6.07) is 0. The van der Waals surface area contributed by atoms with Crippen molar-refractivity contribution in [3.8, 4) is 0 Å². The minimum Gasteiger partial charge on any atom is -0.465 e. The van der Waals surface area contributed by atoms with Crippen molar-refractivity contribution in [1.82, 2.24) is 4.90 Å². The number of piperidine rings is 1. The Morgan fingerprint density at radius 2 is 1.91 bits per heavy atom. The summed E-state index contributed by atoms with van der Waals surface area (Å²) >= 11 is 0. The molecule has 0 saturated carbocycles. The first-order chi connectivity index (χ1) is 10.4. The third-order valence-electron chi connectivity index (χ3n) is 4.81. The molecule has 0 radical (unpaired) electrons. The van der Waals surface area contributed by atoms with Crippen LogP contribution < -0.4 is 0 Å². The predicted molar refractivity (Wildman–Crippen MR) is 85.8 cm³/mol. The lowest BCUT2D eigenvalue weighted by molar-refractivity contribution is -0.148. The zero-order valence-corrected chi connectivity index (χ0v) is 14.5. The summed E-state index contributed by atoms with van der Waals surface area (Å²) in [6.45, 7) is 4.99. The van der Waals surface area contributed by atoms with Crippen molar-refractivity contribution < 1.29 is 18.5 Å². The van der Waals surface area contributed by atoms with Gasteiger partial charge >= 0.3 is 5.97 Å². The van der Waals surface area contributed by atoms with Crippen molar-refractivity contribution >= 4 is 22.7 Å². The van der Waals surface area contributed by atoms with Crippen LogP contribution in [0.1, 0.15) is 46.0 Å². The highest BCUT2D eigenvalue weighted by molar-refractivity contribution is 7.86. The topological polar surface area (TPSA) is 63.7 Å². The highest BCUT2D eigenvalue weighted by atomic mass is 32.2. The van der Waals surface area contributed by atoms with Crippen molar-refractivity contribution in [3.05, 3.63) is 11.1 Å². The van der Waals surface area contributed by atoms with Gasteiger partial charge in [-0.25, -0.2) is 0 Å². The number of esters is 1. The second kappa shape index (κ2) is 6.94. The molecule has 5 nitrogen and oxygen atoms in total. The Kier molecular flexibility index (Phi) is 5.42. The lowest BCUT2D eigenvalue weighted by Crippen LogP contribution is -2.54. The Bertz CT molecular complexity index is 518. The Balaban J connectivity index is 2.07. The van der Waals surface area contributed by atoms with Crippen molar-refractivity contribution in [2.45, 2.75) is 50.7 Å². The molecule has 1 heterocycles. The van der Waals surface area contributed by atoms with Crippen LogP contribution in [0, 0.1) is 0 Å². The molecule has 1 atom stereocenters. The third-order valence-corrected chi connectivity index (χ3v) is 6.48. The van der Waals surface area contributed by atoms with Crippen molar-refractivity contribution in [2.24, 2.45) is 0 Å². The molecule has 0 aromatic heterocycles. The van der Waals surface area contributed by atoms with Crippen LogP contribution in [0.25, 0.3) is 0 Å². The van der Waals surface area contributed by atoms with Crippen LogP contribution in [-0.4, -0.2) is 51.7 Å². The zero-order valence-electron chi connectivity index (χ0n) is 13.6. The van der Waals surface area contributed by atoms with Gasteiger partial charge in [0.05, 0.1) is 6.61 Å². The van der Waals surface area contributed by atoms with E-state index in [-0.39, 0.29) is 18.5 Å². The molecule has 6 heteroatoms. The average molecular weight is 327 g/mol. The van der Waals surface area contributed by atoms with E-state index in [9.17, 15) is 13.8 Å². The van der Waals surface area contributed by atoms with Crippen LogP contribution in [0.2, 0.25) is 0 Å². The molecule has 0 aromatic carbocycles. The zero-order chi connectivity index (χ0) is 16.3. The van der Waals surface area contributed by atoms with Crippen LogP contribution in [0.4, 0.5) is 0 Å². The molecule has 1 unspecified atom stereocenters. The van der Waals surface area contributed by atoms with Gasteiger partial charge in [0.1, 0.15) is 4.75 Å². The van der Waals surface area contributed by atoms with E-state index in [1.165, 1.54) is 5.57 Å². The molecule has 1 amide bonds. The average Bonchev–Trinajstić information content (AvgIpc) is 2.92. The van der Waals surface area contributed by atoms with Crippen LogP contribution in [-0.2, 0) is 25.1 Å². The van der Waals surface area contributed by atoms with Gasteiger partial charge in [-0.2, -0.15) is 0 Å². The van der Waals surface area contributed by atoms with Gasteiger partial charge in [-0.3, -0.25) is 13.8 Å². The number of rotatable bonds is 4. The maximum atomic E-state index is 12.6. The number of hydrogen-bond donors (Lipinski definition) is 0. The molecule has 22 heavy (non-hydrogen) atoms. The summed E-state index contributed by atoms with van der Waals surface area (Å²) in [7, 11) is -1.30. The molecule has 0 aromatic rings. The Morgan fingerprint density at radius 1 is 1.27 bits per heavy atom. The Morgan fingerprint density at radius 3 is 2.36 bits per heavy atom. The number of hydrogen-bond acceptors (Lipinski definition) is 4. The number of nitrogens with zero attached hydrogens (tertiary/aromatic N) is 1. The normalized spacial score (nSPS) is 22.6. The van der Waals surface area contributed by atoms with E-state index >= 15 is 0 Å². The minimum absolute atomic E-state index is 0.0920. The largest absolute Gasteiger partial charge is 0.465 e. The van der Waals surface area contributed by atoms with Gasteiger partial charge < -0.3 is 9.64 Å². The van der Waals surface area contributed by atoms with E-state index in [2.05, 4.69) is 0 Å². The van der Waals surface area contributed by atoms with E-state index in [1.54, 1.807) is 18.1 Å². The molecule has 0 spiro atoms. The van der Waals surface area contributed by atoms with Crippen LogP contribution in [0.15, 0.2) is 11.1 Å². The molecular weight excluding hydrogens is 302 g/mol. The fraction of sp³-hybridized carbons (Fsp3) is 0.750. The number of carbonyl (C=O) groups is 2. The SMILES string of the molecule is CCOC(=O)C1(S(C)=O)CCN(C(=O)C2=C(C)CCC2)CC1. The maximum Gasteiger partial charge on any atom is 0.324 e. The first-order valence-electron chi connectivity index (χ1n) is 7.91. The molecule has 1 aliphatic heterocycles. The summed E-state index contributed by atoms with van der Waals surface area (Å²) in [4.78, 5) is 26.6. The molecule has 2 aliphatic rings. The van der Waals surface area contributed by atoms with E-state index in [4.69, 9.17) is 4.74 Å². The number of carbonyl (C=O) groups excluding carboxylic acids is 2. The molecule has 0 bridgehead atoms. The van der Waals surface area contributed by atoms with Crippen LogP contribution in [0.5, 0.6) is 0 Å². The fourth-order valence-corrected chi connectivity index (χ4v) is 4.37. The molecular formula is C16H25NO4S. The van der Waals surface area contributed by atoms with Gasteiger partial charge in [0.25, 0.3) is 0 Å². The molecule has 1 fully saturated rings. The minimum atomic E-state index is -1.30. The lowest BCUT2D eigenvalue weighted by Gasteiger charge is -2.38. The van der Waals surface area contributed by atoms with Crippen LogP contribution >= 0.6 is 0 Å². The Labute approximate surface area is 134 Å². The number of ether oxygens (including phenoxy) is 1. The predicted octanol–water partition coefficient (Wildman–Crippen LogP) is 1.79. The first kappa shape index (κ1) is 17.2. The van der Waals surface area contributed by atoms with Gasteiger partial charge in [0.2, 0.25) is 5.91 Å². The summed E-state index contributed by atoms with van der Waals surface area (Å²) in [5, 5.41) is 0. The molecule has 0 N–H and O–H groups in total. The maximum absolute atomic E-state index is 12.6. The van der Waals surface area contributed by atoms with Gasteiger partial charge in [0.15, 0.2) is 0 Å². The second-order valence-corrected chi connectivity index (χ2v) is 7.76. The highest BCUT2D eigenvalue weighted by Crippen LogP contribution is 2.32. The van der Waals surface area contributed by atoms with Gasteiger partial charge in [0, 0.05) is 35.7 Å². The molecule has 1 aliphatic carbocycles. The van der Waals surface area contributed by atoms with Crippen molar-refractivity contribution in [2.75, 3.05) is 26.0 Å². The fourth-order valence-electron chi connectivity index (χ4n) is 3.32. The van der Waals surface area contributed by atoms with E-state index < -0.39 is 15.5 Å². The monoisotopic (exact) mass is 327 g/mol. The summed E-state index contributed by atoms with van der Waals surface area (Å²) in [6.07, 6.45) is 5.27. The van der Waals surface area contributed by atoms with Gasteiger partial charge in [-0.15, -0.1) is 0 Å². The first-order valence-corrected chi connectivity index (χ1v) is 9.47. The lowest BCUT2D eigenvalue weighted by atomic mass is 9.95. The number of amides is 1. The number of likely N-dealkylation sites (tertiary alicyclic amines) is 1. The second-order valence-electron chi connectivity index (χ2n) is 6.07.